The standard InChI is InChI=1S/C15H20N2O3/c1-2-20-13-9-6-10-17(11-13)15(19)14(18)16-12-7-4-3-5-8-12/h3-5,7-8,13H,2,6,9-11H2,1H3,(H,16,18). The highest BCUT2D eigenvalue weighted by Gasteiger charge is 2.27. The molecule has 0 radical (unpaired) electrons. The Bertz CT molecular complexity index is 459. The first kappa shape index (κ1) is 14.5. The van der Waals surface area contributed by atoms with E-state index >= 15 is 0 Å². The van der Waals surface area contributed by atoms with Crippen molar-refractivity contribution in [2.75, 3.05) is 25.0 Å². The molecule has 20 heavy (non-hydrogen) atoms. The van der Waals surface area contributed by atoms with Crippen LogP contribution in [-0.4, -0.2) is 42.5 Å². The second-order valence-electron chi connectivity index (χ2n) is 4.79. The van der Waals surface area contributed by atoms with E-state index in [0.717, 1.165) is 12.8 Å². The van der Waals surface area contributed by atoms with Crippen molar-refractivity contribution in [2.24, 2.45) is 0 Å². The Morgan fingerprint density at radius 1 is 1.35 bits per heavy atom. The molecule has 1 N–H and O–H groups in total. The number of nitrogens with zero attached hydrogens (tertiary/aromatic N) is 1. The van der Waals surface area contributed by atoms with Gasteiger partial charge in [-0.3, -0.25) is 9.59 Å². The van der Waals surface area contributed by atoms with Crippen LogP contribution in [0, 0.1) is 0 Å². The summed E-state index contributed by atoms with van der Waals surface area (Å²) in [5.41, 5.74) is 0.629. The van der Waals surface area contributed by atoms with E-state index in [1.165, 1.54) is 0 Å². The van der Waals surface area contributed by atoms with Crippen molar-refractivity contribution in [1.29, 1.82) is 0 Å². The fourth-order valence-corrected chi connectivity index (χ4v) is 2.34. The normalized spacial score (nSPS) is 18.6. The molecule has 1 fully saturated rings. The van der Waals surface area contributed by atoms with Crippen molar-refractivity contribution in [2.45, 2.75) is 25.9 Å². The second-order valence-corrected chi connectivity index (χ2v) is 4.79. The Morgan fingerprint density at radius 2 is 2.10 bits per heavy atom. The highest BCUT2D eigenvalue weighted by atomic mass is 16.5. The highest BCUT2D eigenvalue weighted by Crippen LogP contribution is 2.14. The number of likely N-dealkylation sites (tertiary alicyclic amines) is 1. The van der Waals surface area contributed by atoms with Gasteiger partial charge in [-0.2, -0.15) is 0 Å². The monoisotopic (exact) mass is 276 g/mol. The van der Waals surface area contributed by atoms with Crippen LogP contribution < -0.4 is 5.32 Å². The summed E-state index contributed by atoms with van der Waals surface area (Å²) >= 11 is 0. The molecule has 1 aliphatic heterocycles. The predicted molar refractivity (Wildman–Crippen MR) is 76.3 cm³/mol. The van der Waals surface area contributed by atoms with Gasteiger partial charge >= 0.3 is 11.8 Å². The molecular formula is C15H20N2O3. The second kappa shape index (κ2) is 7.05. The molecule has 108 valence electrons. The van der Waals surface area contributed by atoms with Crippen LogP contribution in [0.4, 0.5) is 5.69 Å². The Morgan fingerprint density at radius 3 is 2.80 bits per heavy atom. The summed E-state index contributed by atoms with van der Waals surface area (Å²) in [6, 6.07) is 8.99. The molecule has 1 saturated heterocycles. The van der Waals surface area contributed by atoms with Crippen LogP contribution in [0.5, 0.6) is 0 Å². The number of benzene rings is 1. The maximum Gasteiger partial charge on any atom is 0.313 e. The number of ether oxygens (including phenoxy) is 1. The van der Waals surface area contributed by atoms with Crippen molar-refractivity contribution < 1.29 is 14.3 Å². The zero-order valence-corrected chi connectivity index (χ0v) is 11.7. The van der Waals surface area contributed by atoms with Gasteiger partial charge in [-0.05, 0) is 31.9 Å². The topological polar surface area (TPSA) is 58.6 Å². The van der Waals surface area contributed by atoms with Crippen LogP contribution in [0.15, 0.2) is 30.3 Å². The molecule has 1 aromatic carbocycles. The Balaban J connectivity index is 1.91. The largest absolute Gasteiger partial charge is 0.377 e. The minimum atomic E-state index is -0.589. The minimum absolute atomic E-state index is 0.0437. The van der Waals surface area contributed by atoms with E-state index in [4.69, 9.17) is 4.74 Å². The number of rotatable bonds is 3. The van der Waals surface area contributed by atoms with Crippen LogP contribution in [0.3, 0.4) is 0 Å². The van der Waals surface area contributed by atoms with E-state index < -0.39 is 11.8 Å². The van der Waals surface area contributed by atoms with Gasteiger partial charge in [0, 0.05) is 25.4 Å². The smallest absolute Gasteiger partial charge is 0.313 e. The van der Waals surface area contributed by atoms with Gasteiger partial charge in [0.2, 0.25) is 0 Å². The summed E-state index contributed by atoms with van der Waals surface area (Å²) in [6.07, 6.45) is 1.86. The van der Waals surface area contributed by atoms with E-state index in [1.807, 2.05) is 25.1 Å². The van der Waals surface area contributed by atoms with Gasteiger partial charge in [0.1, 0.15) is 0 Å². The van der Waals surface area contributed by atoms with Crippen molar-refractivity contribution in [3.63, 3.8) is 0 Å². The van der Waals surface area contributed by atoms with Crippen LogP contribution in [0.25, 0.3) is 0 Å². The first-order valence-corrected chi connectivity index (χ1v) is 6.97. The van der Waals surface area contributed by atoms with Crippen LogP contribution in [0.1, 0.15) is 19.8 Å². The molecule has 1 atom stereocenters. The van der Waals surface area contributed by atoms with Crippen molar-refractivity contribution in [1.82, 2.24) is 4.90 Å². The third-order valence-electron chi connectivity index (χ3n) is 3.29. The number of nitrogens with one attached hydrogen (secondary N) is 1. The van der Waals surface area contributed by atoms with Crippen LogP contribution in [-0.2, 0) is 14.3 Å². The minimum Gasteiger partial charge on any atom is -0.377 e. The molecule has 0 saturated carbocycles. The number of hydrogen-bond donors (Lipinski definition) is 1. The maximum atomic E-state index is 12.1. The Hall–Kier alpha value is -1.88. The molecule has 2 rings (SSSR count). The molecule has 1 aromatic rings. The van der Waals surface area contributed by atoms with E-state index in [-0.39, 0.29) is 6.10 Å². The average molecular weight is 276 g/mol. The van der Waals surface area contributed by atoms with Gasteiger partial charge < -0.3 is 15.0 Å². The fourth-order valence-electron chi connectivity index (χ4n) is 2.34. The number of carbonyl (C=O) groups is 2. The van der Waals surface area contributed by atoms with Gasteiger partial charge in [0.15, 0.2) is 0 Å². The molecule has 1 aliphatic rings. The van der Waals surface area contributed by atoms with Gasteiger partial charge in [-0.1, -0.05) is 18.2 Å². The molecule has 5 nitrogen and oxygen atoms in total. The summed E-state index contributed by atoms with van der Waals surface area (Å²) < 4.78 is 5.54. The van der Waals surface area contributed by atoms with Crippen LogP contribution >= 0.6 is 0 Å². The number of amides is 2. The van der Waals surface area contributed by atoms with Crippen molar-refractivity contribution in [3.05, 3.63) is 30.3 Å². The predicted octanol–water partition coefficient (Wildman–Crippen LogP) is 1.65. The summed E-state index contributed by atoms with van der Waals surface area (Å²) in [5, 5.41) is 2.61. The van der Waals surface area contributed by atoms with E-state index in [0.29, 0.717) is 25.4 Å². The molecule has 0 bridgehead atoms. The average Bonchev–Trinajstić information content (AvgIpc) is 2.48. The van der Waals surface area contributed by atoms with Crippen molar-refractivity contribution in [3.8, 4) is 0 Å². The Kier molecular flexibility index (Phi) is 5.12. The number of para-hydroxylation sites is 1. The summed E-state index contributed by atoms with van der Waals surface area (Å²) in [4.78, 5) is 25.6. The molecule has 1 heterocycles. The molecule has 0 spiro atoms. The fraction of sp³-hybridized carbons (Fsp3) is 0.467. The molecule has 2 amide bonds. The summed E-state index contributed by atoms with van der Waals surface area (Å²) in [7, 11) is 0. The third kappa shape index (κ3) is 3.81. The lowest BCUT2D eigenvalue weighted by Crippen LogP contribution is -2.47. The molecule has 0 aromatic heterocycles. The SMILES string of the molecule is CCOC1CCCN(C(=O)C(=O)Nc2ccccc2)C1. The molecule has 0 aliphatic carbocycles. The highest BCUT2D eigenvalue weighted by molar-refractivity contribution is 6.39. The Labute approximate surface area is 118 Å². The van der Waals surface area contributed by atoms with Crippen molar-refractivity contribution >= 4 is 17.5 Å². The number of anilines is 1. The first-order valence-electron chi connectivity index (χ1n) is 6.97. The van der Waals surface area contributed by atoms with E-state index in [1.54, 1.807) is 17.0 Å². The number of carbonyl (C=O) groups excluding carboxylic acids is 2. The third-order valence-corrected chi connectivity index (χ3v) is 3.29. The van der Waals surface area contributed by atoms with Gasteiger partial charge in [0.25, 0.3) is 0 Å². The maximum absolute atomic E-state index is 12.1. The summed E-state index contributed by atoms with van der Waals surface area (Å²) in [5.74, 6) is -1.08. The van der Waals surface area contributed by atoms with Gasteiger partial charge in [-0.25, -0.2) is 0 Å². The lowest BCUT2D eigenvalue weighted by molar-refractivity contribution is -0.145. The quantitative estimate of drug-likeness (QED) is 0.854. The van der Waals surface area contributed by atoms with Gasteiger partial charge in [-0.15, -0.1) is 0 Å². The lowest BCUT2D eigenvalue weighted by Gasteiger charge is -2.31. The van der Waals surface area contributed by atoms with Gasteiger partial charge in [0.05, 0.1) is 6.10 Å². The zero-order valence-electron chi connectivity index (χ0n) is 11.7. The first-order chi connectivity index (χ1) is 9.70. The molecular weight excluding hydrogens is 256 g/mol. The van der Waals surface area contributed by atoms with Crippen LogP contribution in [0.2, 0.25) is 0 Å². The van der Waals surface area contributed by atoms with E-state index in [9.17, 15) is 9.59 Å². The van der Waals surface area contributed by atoms with E-state index in [2.05, 4.69) is 5.32 Å². The number of piperidine rings is 1. The molecule has 1 unspecified atom stereocenters. The molecule has 5 heteroatoms. The zero-order chi connectivity index (χ0) is 14.4. The lowest BCUT2D eigenvalue weighted by atomic mass is 10.1. The summed E-state index contributed by atoms with van der Waals surface area (Å²) in [6.45, 7) is 3.67. The number of hydrogen-bond acceptors (Lipinski definition) is 3.